The third-order valence-electron chi connectivity index (χ3n) is 5.73. The van der Waals surface area contributed by atoms with Crippen molar-refractivity contribution >= 4 is 17.5 Å². The fourth-order valence-corrected chi connectivity index (χ4v) is 4.27. The van der Waals surface area contributed by atoms with Gasteiger partial charge in [-0.15, -0.1) is 0 Å². The Kier molecular flexibility index (Phi) is 6.51. The van der Waals surface area contributed by atoms with Crippen molar-refractivity contribution in [1.29, 1.82) is 0 Å². The van der Waals surface area contributed by atoms with E-state index in [1.807, 2.05) is 4.90 Å². The lowest BCUT2D eigenvalue weighted by Crippen LogP contribution is -2.48. The number of piperidine rings is 1. The minimum absolute atomic E-state index is 0.00772. The Morgan fingerprint density at radius 2 is 1.94 bits per heavy atom. The molecule has 1 aromatic carbocycles. The number of rotatable bonds is 5. The predicted octanol–water partition coefficient (Wildman–Crippen LogP) is 4.60. The van der Waals surface area contributed by atoms with E-state index < -0.39 is 5.82 Å². The second-order valence-electron chi connectivity index (χ2n) is 7.80. The second kappa shape index (κ2) is 9.47. The molecular weight excluding hydrogens is 417 g/mol. The summed E-state index contributed by atoms with van der Waals surface area (Å²) in [4.78, 5) is 32.5. The van der Waals surface area contributed by atoms with Crippen molar-refractivity contribution in [2.45, 2.75) is 38.6 Å². The summed E-state index contributed by atoms with van der Waals surface area (Å²) in [5, 5.41) is 0.494. The fraction of sp³-hybridized carbons (Fsp3) is 0.348. The highest BCUT2D eigenvalue weighted by Crippen LogP contribution is 2.30. The minimum atomic E-state index is -0.459. The quantitative estimate of drug-likeness (QED) is 0.581. The van der Waals surface area contributed by atoms with E-state index >= 15 is 0 Å². The van der Waals surface area contributed by atoms with E-state index in [0.29, 0.717) is 41.1 Å². The first kappa shape index (κ1) is 21.3. The van der Waals surface area contributed by atoms with E-state index in [9.17, 15) is 9.18 Å². The normalized spacial score (nSPS) is 18.7. The average Bonchev–Trinajstić information content (AvgIpc) is 2.79. The smallest absolute Gasteiger partial charge is 0.254 e. The third-order valence-corrected chi connectivity index (χ3v) is 5.93. The van der Waals surface area contributed by atoms with Gasteiger partial charge in [-0.1, -0.05) is 18.5 Å². The molecule has 3 aromatic rings. The predicted molar refractivity (Wildman–Crippen MR) is 116 cm³/mol. The van der Waals surface area contributed by atoms with Crippen LogP contribution in [0, 0.1) is 11.7 Å². The third kappa shape index (κ3) is 4.88. The lowest BCUT2D eigenvalue weighted by molar-refractivity contribution is 0.0498. The number of amides is 1. The zero-order valence-corrected chi connectivity index (χ0v) is 18.0. The molecule has 2 atom stereocenters. The van der Waals surface area contributed by atoms with Crippen molar-refractivity contribution in [2.75, 3.05) is 6.54 Å². The van der Waals surface area contributed by atoms with Crippen LogP contribution in [0.1, 0.15) is 42.4 Å². The molecule has 1 amide bonds. The van der Waals surface area contributed by atoms with Gasteiger partial charge in [-0.05, 0) is 49.4 Å². The first-order valence-corrected chi connectivity index (χ1v) is 10.7. The van der Waals surface area contributed by atoms with Gasteiger partial charge < -0.3 is 4.90 Å². The van der Waals surface area contributed by atoms with Gasteiger partial charge in [0.2, 0.25) is 0 Å². The molecule has 1 aliphatic heterocycles. The lowest BCUT2D eigenvalue weighted by Gasteiger charge is -2.40. The Bertz CT molecular complexity index is 1050. The number of carbonyl (C=O) groups excluding carboxylic acids is 1. The highest BCUT2D eigenvalue weighted by Gasteiger charge is 2.33. The molecule has 1 aliphatic rings. The van der Waals surface area contributed by atoms with Crippen molar-refractivity contribution in [1.82, 2.24) is 24.8 Å². The van der Waals surface area contributed by atoms with Crippen LogP contribution >= 0.6 is 11.6 Å². The first-order chi connectivity index (χ1) is 15.0. The van der Waals surface area contributed by atoms with Crippen molar-refractivity contribution in [3.8, 4) is 11.4 Å². The molecule has 1 saturated heterocycles. The maximum atomic E-state index is 14.1. The maximum absolute atomic E-state index is 14.1. The number of nitrogens with zero attached hydrogens (tertiary/aromatic N) is 5. The topological polar surface area (TPSA) is 71.9 Å². The molecule has 8 heteroatoms. The van der Waals surface area contributed by atoms with Gasteiger partial charge in [-0.3, -0.25) is 4.79 Å². The number of carbonyl (C=O) groups is 1. The summed E-state index contributed by atoms with van der Waals surface area (Å²) in [7, 11) is 0. The molecule has 0 unspecified atom stereocenters. The fourth-order valence-electron chi connectivity index (χ4n) is 4.17. The molecule has 31 heavy (non-hydrogen) atoms. The molecule has 2 aromatic heterocycles. The molecule has 1 fully saturated rings. The van der Waals surface area contributed by atoms with Crippen LogP contribution in [0.2, 0.25) is 5.02 Å². The molecular formula is C23H23ClFN5O. The largest absolute Gasteiger partial charge is 0.335 e. The van der Waals surface area contributed by atoms with Crippen molar-refractivity contribution in [3.05, 3.63) is 71.3 Å². The summed E-state index contributed by atoms with van der Waals surface area (Å²) in [6.07, 6.45) is 9.68. The van der Waals surface area contributed by atoms with Crippen LogP contribution in [0.4, 0.5) is 4.39 Å². The molecule has 4 rings (SSSR count). The van der Waals surface area contributed by atoms with E-state index in [1.165, 1.54) is 12.1 Å². The molecule has 0 aliphatic carbocycles. The van der Waals surface area contributed by atoms with Gasteiger partial charge in [0.1, 0.15) is 11.6 Å². The van der Waals surface area contributed by atoms with Crippen molar-refractivity contribution in [2.24, 2.45) is 5.92 Å². The van der Waals surface area contributed by atoms with Crippen LogP contribution in [0.5, 0.6) is 0 Å². The van der Waals surface area contributed by atoms with Gasteiger partial charge in [0.05, 0.1) is 10.6 Å². The minimum Gasteiger partial charge on any atom is -0.335 e. The summed E-state index contributed by atoms with van der Waals surface area (Å²) in [6, 6.07) is 5.90. The molecule has 0 spiro atoms. The Hall–Kier alpha value is -2.93. The van der Waals surface area contributed by atoms with E-state index in [2.05, 4.69) is 26.9 Å². The summed E-state index contributed by atoms with van der Waals surface area (Å²) >= 11 is 5.88. The van der Waals surface area contributed by atoms with Crippen LogP contribution in [-0.4, -0.2) is 43.3 Å². The van der Waals surface area contributed by atoms with Crippen molar-refractivity contribution in [3.63, 3.8) is 0 Å². The SMILES string of the molecule is C[C@@H]1CCCN(C(=O)c2cc(F)ccc2-c2ncccn2)[C@@H]1CCc1ncc(Cl)cn1. The summed E-state index contributed by atoms with van der Waals surface area (Å²) in [6.45, 7) is 2.78. The maximum Gasteiger partial charge on any atom is 0.254 e. The zero-order chi connectivity index (χ0) is 21.8. The van der Waals surface area contributed by atoms with Gasteiger partial charge >= 0.3 is 0 Å². The first-order valence-electron chi connectivity index (χ1n) is 10.4. The highest BCUT2D eigenvalue weighted by atomic mass is 35.5. The van der Waals surface area contributed by atoms with Gasteiger partial charge in [0.25, 0.3) is 5.91 Å². The second-order valence-corrected chi connectivity index (χ2v) is 8.24. The number of benzene rings is 1. The average molecular weight is 440 g/mol. The van der Waals surface area contributed by atoms with Gasteiger partial charge in [-0.2, -0.15) is 0 Å². The Morgan fingerprint density at radius 3 is 2.68 bits per heavy atom. The molecule has 0 radical (unpaired) electrons. The van der Waals surface area contributed by atoms with E-state index in [-0.39, 0.29) is 17.5 Å². The van der Waals surface area contributed by atoms with E-state index in [0.717, 1.165) is 19.3 Å². The number of hydrogen-bond acceptors (Lipinski definition) is 5. The number of aromatic nitrogens is 4. The van der Waals surface area contributed by atoms with E-state index in [4.69, 9.17) is 11.6 Å². The highest BCUT2D eigenvalue weighted by molar-refractivity contribution is 6.30. The molecule has 0 N–H and O–H groups in total. The van der Waals surface area contributed by atoms with Gasteiger partial charge in [0.15, 0.2) is 5.82 Å². The standard InChI is InChI=1S/C23H23ClFN5O/c1-15-4-2-11-30(20(15)7-8-21-28-13-16(24)14-29-21)23(31)19-12-17(25)5-6-18(19)22-26-9-3-10-27-22/h3,5-6,9-10,12-15,20H,2,4,7-8,11H2,1H3/t15-,20-/m1/s1. The van der Waals surface area contributed by atoms with Crippen LogP contribution in [0.15, 0.2) is 49.1 Å². The summed E-state index contributed by atoms with van der Waals surface area (Å²) in [5.74, 6) is 0.755. The van der Waals surface area contributed by atoms with Crippen molar-refractivity contribution < 1.29 is 9.18 Å². The van der Waals surface area contributed by atoms with Crippen LogP contribution in [0.25, 0.3) is 11.4 Å². The number of halogens is 2. The Morgan fingerprint density at radius 1 is 1.19 bits per heavy atom. The molecule has 6 nitrogen and oxygen atoms in total. The Labute approximate surface area is 185 Å². The lowest BCUT2D eigenvalue weighted by atomic mass is 9.87. The molecule has 0 saturated carbocycles. The number of aryl methyl sites for hydroxylation is 1. The molecule has 160 valence electrons. The Balaban J connectivity index is 1.61. The summed E-state index contributed by atoms with van der Waals surface area (Å²) < 4.78 is 14.1. The van der Waals surface area contributed by atoms with Crippen LogP contribution in [0.3, 0.4) is 0 Å². The summed E-state index contributed by atoms with van der Waals surface area (Å²) in [5.41, 5.74) is 0.818. The number of likely N-dealkylation sites (tertiary alicyclic amines) is 1. The van der Waals surface area contributed by atoms with Gasteiger partial charge in [-0.25, -0.2) is 24.3 Å². The van der Waals surface area contributed by atoms with E-state index in [1.54, 1.807) is 36.9 Å². The number of hydrogen-bond donors (Lipinski definition) is 0. The van der Waals surface area contributed by atoms with Crippen LogP contribution in [-0.2, 0) is 6.42 Å². The zero-order valence-electron chi connectivity index (χ0n) is 17.2. The molecule has 0 bridgehead atoms. The van der Waals surface area contributed by atoms with Crippen LogP contribution < -0.4 is 0 Å². The molecule has 3 heterocycles. The monoisotopic (exact) mass is 439 g/mol. The van der Waals surface area contributed by atoms with Gasteiger partial charge in [0, 0.05) is 49.4 Å².